The zero-order valence-electron chi connectivity index (χ0n) is 17.3. The van der Waals surface area contributed by atoms with E-state index in [2.05, 4.69) is 23.5 Å². The number of hydrogen-bond donors (Lipinski definition) is 2. The van der Waals surface area contributed by atoms with Crippen molar-refractivity contribution in [3.05, 3.63) is 77.2 Å². The van der Waals surface area contributed by atoms with Crippen molar-refractivity contribution in [2.45, 2.75) is 32.4 Å². The van der Waals surface area contributed by atoms with Gasteiger partial charge in [0.25, 0.3) is 5.91 Å². The molecule has 0 radical (unpaired) electrons. The standard InChI is InChI=1S/C25H23NO4S/c1-3-25(2,24(28)29)26-23(27)20-13-12-16-8-4-6-10-19(16)22(20)30-15-18-14-17-9-5-7-11-21(17)31-18/h4-14H,3,15H2,1-2H3,(H,26,27)(H,28,29). The molecule has 5 nitrogen and oxygen atoms in total. The highest BCUT2D eigenvalue weighted by Gasteiger charge is 2.34. The summed E-state index contributed by atoms with van der Waals surface area (Å²) in [6.45, 7) is 3.55. The Morgan fingerprint density at radius 2 is 1.74 bits per heavy atom. The Balaban J connectivity index is 1.70. The maximum absolute atomic E-state index is 13.1. The average Bonchev–Trinajstić information content (AvgIpc) is 3.20. The summed E-state index contributed by atoms with van der Waals surface area (Å²) in [7, 11) is 0. The summed E-state index contributed by atoms with van der Waals surface area (Å²) in [4.78, 5) is 25.8. The second kappa shape index (κ2) is 8.40. The molecule has 31 heavy (non-hydrogen) atoms. The lowest BCUT2D eigenvalue weighted by atomic mass is 9.97. The van der Waals surface area contributed by atoms with Gasteiger partial charge >= 0.3 is 5.97 Å². The summed E-state index contributed by atoms with van der Waals surface area (Å²) < 4.78 is 7.38. The highest BCUT2D eigenvalue weighted by Crippen LogP contribution is 2.33. The molecule has 6 heteroatoms. The molecule has 4 rings (SSSR count). The number of benzene rings is 3. The summed E-state index contributed by atoms with van der Waals surface area (Å²) in [6.07, 6.45) is 0.264. The predicted molar refractivity (Wildman–Crippen MR) is 124 cm³/mol. The Labute approximate surface area is 184 Å². The van der Waals surface area contributed by atoms with Crippen LogP contribution in [0.2, 0.25) is 0 Å². The van der Waals surface area contributed by atoms with Crippen LogP contribution in [0.5, 0.6) is 5.75 Å². The van der Waals surface area contributed by atoms with Crippen molar-refractivity contribution in [3.63, 3.8) is 0 Å². The Hall–Kier alpha value is -3.38. The molecule has 158 valence electrons. The molecule has 1 heterocycles. The Bertz CT molecular complexity index is 1250. The molecule has 0 saturated heterocycles. The quantitative estimate of drug-likeness (QED) is 0.397. The fraction of sp³-hybridized carbons (Fsp3) is 0.200. The van der Waals surface area contributed by atoms with Gasteiger partial charge in [0.2, 0.25) is 0 Å². The summed E-state index contributed by atoms with van der Waals surface area (Å²) in [5.74, 6) is -1.09. The van der Waals surface area contributed by atoms with Crippen LogP contribution in [0.4, 0.5) is 0 Å². The largest absolute Gasteiger partial charge is 0.487 e. The summed E-state index contributed by atoms with van der Waals surface area (Å²) >= 11 is 1.65. The van der Waals surface area contributed by atoms with Crippen LogP contribution in [0.1, 0.15) is 35.5 Å². The van der Waals surface area contributed by atoms with Gasteiger partial charge in [-0.3, -0.25) is 4.79 Å². The predicted octanol–water partition coefficient (Wildman–Crippen LogP) is 5.62. The number of rotatable bonds is 7. The van der Waals surface area contributed by atoms with Crippen LogP contribution < -0.4 is 10.1 Å². The first-order valence-corrected chi connectivity index (χ1v) is 10.9. The van der Waals surface area contributed by atoms with Crippen LogP contribution >= 0.6 is 11.3 Å². The first kappa shape index (κ1) is 20.9. The van der Waals surface area contributed by atoms with Crippen LogP contribution in [0, 0.1) is 0 Å². The van der Waals surface area contributed by atoms with E-state index in [0.717, 1.165) is 21.0 Å². The van der Waals surface area contributed by atoms with Gasteiger partial charge in [0.1, 0.15) is 17.9 Å². The van der Waals surface area contributed by atoms with Crippen LogP contribution in [-0.2, 0) is 11.4 Å². The molecule has 0 aliphatic carbocycles. The van der Waals surface area contributed by atoms with Crippen molar-refractivity contribution in [1.82, 2.24) is 5.32 Å². The molecule has 2 N–H and O–H groups in total. The number of carboxylic acid groups (broad SMARTS) is 1. The summed E-state index contributed by atoms with van der Waals surface area (Å²) in [5, 5.41) is 15.1. The third kappa shape index (κ3) is 4.11. The third-order valence-corrected chi connectivity index (χ3v) is 6.62. The molecular weight excluding hydrogens is 410 g/mol. The van der Waals surface area contributed by atoms with Gasteiger partial charge in [0.05, 0.1) is 5.56 Å². The molecule has 0 aliphatic heterocycles. The highest BCUT2D eigenvalue weighted by atomic mass is 32.1. The van der Waals surface area contributed by atoms with Crippen LogP contribution in [0.25, 0.3) is 20.9 Å². The average molecular weight is 434 g/mol. The Morgan fingerprint density at radius 3 is 2.45 bits per heavy atom. The van der Waals surface area contributed by atoms with Crippen molar-refractivity contribution in [2.75, 3.05) is 0 Å². The van der Waals surface area contributed by atoms with E-state index in [0.29, 0.717) is 17.9 Å². The van der Waals surface area contributed by atoms with E-state index in [1.54, 1.807) is 24.3 Å². The first-order chi connectivity index (χ1) is 14.9. The van der Waals surface area contributed by atoms with Crippen LogP contribution in [0.15, 0.2) is 66.7 Å². The van der Waals surface area contributed by atoms with Crippen molar-refractivity contribution >= 4 is 44.1 Å². The molecule has 1 unspecified atom stereocenters. The maximum atomic E-state index is 13.1. The number of carbonyl (C=O) groups is 2. The lowest BCUT2D eigenvalue weighted by Gasteiger charge is -2.25. The number of carboxylic acids is 1. The van der Waals surface area contributed by atoms with E-state index < -0.39 is 17.4 Å². The molecule has 1 aromatic heterocycles. The molecule has 0 fully saturated rings. The van der Waals surface area contributed by atoms with E-state index in [-0.39, 0.29) is 6.42 Å². The fourth-order valence-corrected chi connectivity index (χ4v) is 4.42. The van der Waals surface area contributed by atoms with Gasteiger partial charge in [0.15, 0.2) is 0 Å². The van der Waals surface area contributed by atoms with Gasteiger partial charge in [0, 0.05) is 15.0 Å². The molecule has 4 aromatic rings. The number of fused-ring (bicyclic) bond motifs is 2. The van der Waals surface area contributed by atoms with Crippen molar-refractivity contribution < 1.29 is 19.4 Å². The number of nitrogens with one attached hydrogen (secondary N) is 1. The van der Waals surface area contributed by atoms with Crippen molar-refractivity contribution in [1.29, 1.82) is 0 Å². The minimum absolute atomic E-state index is 0.264. The molecule has 0 spiro atoms. The highest BCUT2D eigenvalue weighted by molar-refractivity contribution is 7.19. The number of thiophene rings is 1. The lowest BCUT2D eigenvalue weighted by Crippen LogP contribution is -2.51. The molecular formula is C25H23NO4S. The number of hydrogen-bond acceptors (Lipinski definition) is 4. The fourth-order valence-electron chi connectivity index (χ4n) is 3.44. The molecule has 0 aliphatic rings. The summed E-state index contributed by atoms with van der Waals surface area (Å²) in [6, 6.07) is 21.4. The van der Waals surface area contributed by atoms with Crippen molar-refractivity contribution in [2.24, 2.45) is 0 Å². The van der Waals surface area contributed by atoms with E-state index in [9.17, 15) is 14.7 Å². The topological polar surface area (TPSA) is 75.6 Å². The van der Waals surface area contributed by atoms with E-state index >= 15 is 0 Å². The zero-order valence-corrected chi connectivity index (χ0v) is 18.2. The van der Waals surface area contributed by atoms with Crippen LogP contribution in [-0.4, -0.2) is 22.5 Å². The van der Waals surface area contributed by atoms with Crippen LogP contribution in [0.3, 0.4) is 0 Å². The van der Waals surface area contributed by atoms with E-state index in [1.807, 2.05) is 42.5 Å². The van der Waals surface area contributed by atoms with Gasteiger partial charge in [-0.2, -0.15) is 0 Å². The van der Waals surface area contributed by atoms with E-state index in [4.69, 9.17) is 4.74 Å². The molecule has 0 bridgehead atoms. The van der Waals surface area contributed by atoms with Gasteiger partial charge in [-0.25, -0.2) is 4.79 Å². The Kier molecular flexibility index (Phi) is 5.65. The van der Waals surface area contributed by atoms with Gasteiger partial charge in [-0.15, -0.1) is 11.3 Å². The number of aliphatic carboxylic acids is 1. The third-order valence-electron chi connectivity index (χ3n) is 5.53. The van der Waals surface area contributed by atoms with Gasteiger partial charge in [-0.05, 0) is 42.3 Å². The minimum Gasteiger partial charge on any atom is -0.487 e. The SMILES string of the molecule is CCC(C)(NC(=O)c1ccc2ccccc2c1OCc1cc2ccccc2s1)C(=O)O. The van der Waals surface area contributed by atoms with Gasteiger partial charge < -0.3 is 15.2 Å². The second-order valence-corrected chi connectivity index (χ2v) is 8.82. The number of ether oxygens (including phenoxy) is 1. The first-order valence-electron chi connectivity index (χ1n) is 10.1. The molecule has 1 atom stereocenters. The number of amides is 1. The van der Waals surface area contributed by atoms with Gasteiger partial charge in [-0.1, -0.05) is 55.5 Å². The monoisotopic (exact) mass is 433 g/mol. The van der Waals surface area contributed by atoms with Crippen molar-refractivity contribution in [3.8, 4) is 5.75 Å². The molecule has 0 saturated carbocycles. The number of carbonyl (C=O) groups excluding carboxylic acids is 1. The summed E-state index contributed by atoms with van der Waals surface area (Å²) in [5.41, 5.74) is -1.04. The smallest absolute Gasteiger partial charge is 0.329 e. The zero-order chi connectivity index (χ0) is 22.0. The lowest BCUT2D eigenvalue weighted by molar-refractivity contribution is -0.143. The minimum atomic E-state index is -1.36. The van der Waals surface area contributed by atoms with E-state index in [1.165, 1.54) is 11.6 Å². The molecule has 3 aromatic carbocycles. The molecule has 1 amide bonds. The second-order valence-electron chi connectivity index (χ2n) is 7.65. The normalized spacial score (nSPS) is 13.1. The Morgan fingerprint density at radius 1 is 1.03 bits per heavy atom. The maximum Gasteiger partial charge on any atom is 0.329 e.